The molecule has 0 atom stereocenters. The molecule has 1 N–H and O–H groups in total. The van der Waals surface area contributed by atoms with Gasteiger partial charge in [-0.1, -0.05) is 29.8 Å². The van der Waals surface area contributed by atoms with Gasteiger partial charge >= 0.3 is 0 Å². The summed E-state index contributed by atoms with van der Waals surface area (Å²) >= 11 is 5.80. The molecule has 4 heteroatoms. The number of nitrogens with zero attached hydrogens (tertiary/aromatic N) is 2. The van der Waals surface area contributed by atoms with E-state index in [0.29, 0.717) is 5.15 Å². The maximum Gasteiger partial charge on any atom is 0.148 e. The van der Waals surface area contributed by atoms with Crippen LogP contribution in [0.15, 0.2) is 30.5 Å². The van der Waals surface area contributed by atoms with E-state index in [1.165, 1.54) is 0 Å². The highest BCUT2D eigenvalue weighted by Crippen LogP contribution is 2.15. The van der Waals surface area contributed by atoms with E-state index in [9.17, 15) is 0 Å². The second-order valence-corrected chi connectivity index (χ2v) is 3.79. The van der Waals surface area contributed by atoms with Crippen molar-refractivity contribution in [1.82, 2.24) is 15.3 Å². The number of hydrogen-bond acceptors (Lipinski definition) is 3. The summed E-state index contributed by atoms with van der Waals surface area (Å²) in [6.45, 7) is 0.846. The van der Waals surface area contributed by atoms with Gasteiger partial charge in [0.25, 0.3) is 0 Å². The summed E-state index contributed by atoms with van der Waals surface area (Å²) in [7, 11) is 1.91. The van der Waals surface area contributed by atoms with Crippen LogP contribution in [-0.4, -0.2) is 23.6 Å². The third-order valence-corrected chi connectivity index (χ3v) is 2.35. The standard InChI is InChI=1S/C12H12ClN3/c1-14-6-2-3-9-4-5-10-11(7-9)16-12(13)8-15-10/h2-5,7-8,14H,6H2,1H3. The van der Waals surface area contributed by atoms with Crippen molar-refractivity contribution in [2.75, 3.05) is 13.6 Å². The topological polar surface area (TPSA) is 37.8 Å². The van der Waals surface area contributed by atoms with E-state index in [1.54, 1.807) is 6.20 Å². The Labute approximate surface area is 99.2 Å². The molecule has 0 fully saturated rings. The van der Waals surface area contributed by atoms with Crippen LogP contribution in [0.3, 0.4) is 0 Å². The van der Waals surface area contributed by atoms with Crippen molar-refractivity contribution < 1.29 is 0 Å². The van der Waals surface area contributed by atoms with E-state index in [2.05, 4.69) is 21.4 Å². The Hall–Kier alpha value is -1.45. The Morgan fingerprint density at radius 3 is 3.06 bits per heavy atom. The third kappa shape index (κ3) is 2.56. The molecule has 82 valence electrons. The van der Waals surface area contributed by atoms with Crippen LogP contribution in [0.4, 0.5) is 0 Å². The molecule has 1 aromatic carbocycles. The number of aromatic nitrogens is 2. The van der Waals surface area contributed by atoms with Gasteiger partial charge in [0, 0.05) is 6.54 Å². The highest BCUT2D eigenvalue weighted by molar-refractivity contribution is 6.29. The Bertz CT molecular complexity index is 523. The van der Waals surface area contributed by atoms with Gasteiger partial charge in [-0.2, -0.15) is 0 Å². The second kappa shape index (κ2) is 5.05. The van der Waals surface area contributed by atoms with Crippen molar-refractivity contribution in [2.45, 2.75) is 0 Å². The van der Waals surface area contributed by atoms with Crippen molar-refractivity contribution in [3.63, 3.8) is 0 Å². The van der Waals surface area contributed by atoms with Gasteiger partial charge in [-0.25, -0.2) is 4.98 Å². The van der Waals surface area contributed by atoms with Crippen LogP contribution in [0.2, 0.25) is 5.15 Å². The molecule has 2 rings (SSSR count). The van der Waals surface area contributed by atoms with Gasteiger partial charge in [0.15, 0.2) is 0 Å². The highest BCUT2D eigenvalue weighted by Gasteiger charge is 1.98. The molecule has 0 unspecified atom stereocenters. The average Bonchev–Trinajstić information content (AvgIpc) is 2.29. The number of benzene rings is 1. The van der Waals surface area contributed by atoms with Crippen LogP contribution in [0.5, 0.6) is 0 Å². The largest absolute Gasteiger partial charge is 0.316 e. The molecule has 0 bridgehead atoms. The van der Waals surface area contributed by atoms with E-state index in [1.807, 2.05) is 31.3 Å². The lowest BCUT2D eigenvalue weighted by Crippen LogP contribution is -2.03. The Balaban J connectivity index is 2.35. The van der Waals surface area contributed by atoms with Crippen LogP contribution in [0, 0.1) is 0 Å². The molecular weight excluding hydrogens is 222 g/mol. The van der Waals surface area contributed by atoms with Crippen molar-refractivity contribution in [3.8, 4) is 0 Å². The van der Waals surface area contributed by atoms with Gasteiger partial charge in [-0.05, 0) is 24.7 Å². The molecule has 2 aromatic rings. The summed E-state index contributed by atoms with van der Waals surface area (Å²) in [4.78, 5) is 8.41. The van der Waals surface area contributed by atoms with E-state index in [0.717, 1.165) is 23.1 Å². The zero-order valence-corrected chi connectivity index (χ0v) is 9.70. The fraction of sp³-hybridized carbons (Fsp3) is 0.167. The number of rotatable bonds is 3. The molecule has 0 saturated carbocycles. The second-order valence-electron chi connectivity index (χ2n) is 3.40. The maximum absolute atomic E-state index is 5.80. The van der Waals surface area contributed by atoms with Gasteiger partial charge in [0.05, 0.1) is 17.2 Å². The van der Waals surface area contributed by atoms with Crippen LogP contribution < -0.4 is 5.32 Å². The minimum atomic E-state index is 0.420. The number of fused-ring (bicyclic) bond motifs is 1. The summed E-state index contributed by atoms with van der Waals surface area (Å²) in [6, 6.07) is 5.93. The van der Waals surface area contributed by atoms with Crippen molar-refractivity contribution in [2.24, 2.45) is 0 Å². The van der Waals surface area contributed by atoms with E-state index in [-0.39, 0.29) is 0 Å². The molecule has 0 spiro atoms. The van der Waals surface area contributed by atoms with Crippen LogP contribution in [0.1, 0.15) is 5.56 Å². The van der Waals surface area contributed by atoms with Crippen LogP contribution >= 0.6 is 11.6 Å². The van der Waals surface area contributed by atoms with E-state index in [4.69, 9.17) is 11.6 Å². The van der Waals surface area contributed by atoms with Crippen LogP contribution in [0.25, 0.3) is 17.1 Å². The number of likely N-dealkylation sites (N-methyl/N-ethyl adjacent to an activating group) is 1. The average molecular weight is 234 g/mol. The lowest BCUT2D eigenvalue weighted by molar-refractivity contribution is 0.922. The number of nitrogens with one attached hydrogen (secondary N) is 1. The Kier molecular flexibility index (Phi) is 3.49. The van der Waals surface area contributed by atoms with Gasteiger partial charge in [0.1, 0.15) is 5.15 Å². The molecule has 1 aromatic heterocycles. The van der Waals surface area contributed by atoms with Gasteiger partial charge in [-0.15, -0.1) is 0 Å². The van der Waals surface area contributed by atoms with Gasteiger partial charge < -0.3 is 5.32 Å². The quantitative estimate of drug-likeness (QED) is 0.885. The summed E-state index contributed by atoms with van der Waals surface area (Å²) in [6.07, 6.45) is 5.65. The zero-order valence-electron chi connectivity index (χ0n) is 8.94. The molecule has 0 aliphatic carbocycles. The summed E-state index contributed by atoms with van der Waals surface area (Å²) in [5.41, 5.74) is 2.77. The minimum Gasteiger partial charge on any atom is -0.316 e. The molecule has 0 aliphatic heterocycles. The predicted octanol–water partition coefficient (Wildman–Crippen LogP) is 2.52. The lowest BCUT2D eigenvalue weighted by Gasteiger charge is -1.98. The number of halogens is 1. The first-order chi connectivity index (χ1) is 7.79. The van der Waals surface area contributed by atoms with E-state index < -0.39 is 0 Å². The fourth-order valence-corrected chi connectivity index (χ4v) is 1.56. The molecule has 1 heterocycles. The molecule has 0 aliphatic rings. The first-order valence-electron chi connectivity index (χ1n) is 5.03. The minimum absolute atomic E-state index is 0.420. The SMILES string of the molecule is CNCC=Cc1ccc2ncc(Cl)nc2c1. The Morgan fingerprint density at radius 2 is 2.25 bits per heavy atom. The lowest BCUT2D eigenvalue weighted by atomic mass is 10.2. The summed E-state index contributed by atoms with van der Waals surface area (Å²) in [5, 5.41) is 3.47. The summed E-state index contributed by atoms with van der Waals surface area (Å²) in [5.74, 6) is 0. The summed E-state index contributed by atoms with van der Waals surface area (Å²) < 4.78 is 0. The molecular formula is C12H12ClN3. The molecule has 3 nitrogen and oxygen atoms in total. The Morgan fingerprint density at radius 1 is 1.38 bits per heavy atom. The monoisotopic (exact) mass is 233 g/mol. The number of hydrogen-bond donors (Lipinski definition) is 1. The first kappa shape index (κ1) is 11.0. The van der Waals surface area contributed by atoms with Crippen molar-refractivity contribution in [1.29, 1.82) is 0 Å². The smallest absolute Gasteiger partial charge is 0.148 e. The molecule has 0 radical (unpaired) electrons. The zero-order chi connectivity index (χ0) is 11.4. The van der Waals surface area contributed by atoms with E-state index >= 15 is 0 Å². The molecule has 16 heavy (non-hydrogen) atoms. The van der Waals surface area contributed by atoms with Crippen LogP contribution in [-0.2, 0) is 0 Å². The maximum atomic E-state index is 5.80. The third-order valence-electron chi connectivity index (χ3n) is 2.17. The van der Waals surface area contributed by atoms with Gasteiger partial charge in [0.2, 0.25) is 0 Å². The van der Waals surface area contributed by atoms with Gasteiger partial charge in [-0.3, -0.25) is 4.98 Å². The normalized spacial score (nSPS) is 11.4. The van der Waals surface area contributed by atoms with Crippen molar-refractivity contribution >= 4 is 28.7 Å². The molecule has 0 saturated heterocycles. The fourth-order valence-electron chi connectivity index (χ4n) is 1.42. The first-order valence-corrected chi connectivity index (χ1v) is 5.41. The molecule has 0 amide bonds. The van der Waals surface area contributed by atoms with Crippen molar-refractivity contribution in [3.05, 3.63) is 41.2 Å². The predicted molar refractivity (Wildman–Crippen MR) is 67.5 cm³/mol. The highest BCUT2D eigenvalue weighted by atomic mass is 35.5.